The van der Waals surface area contributed by atoms with Gasteiger partial charge in [0, 0.05) is 11.3 Å². The molecule has 3 rings (SSSR count). The number of anilines is 1. The third-order valence-corrected chi connectivity index (χ3v) is 4.53. The van der Waals surface area contributed by atoms with Crippen molar-refractivity contribution in [1.29, 1.82) is 5.26 Å². The van der Waals surface area contributed by atoms with Crippen molar-refractivity contribution in [2.45, 2.75) is 24.4 Å². The summed E-state index contributed by atoms with van der Waals surface area (Å²) in [6, 6.07) is 14.9. The van der Waals surface area contributed by atoms with Gasteiger partial charge in [-0.1, -0.05) is 18.2 Å². The number of aliphatic hydroxyl groups excluding tert-OH is 1. The zero-order chi connectivity index (χ0) is 18.0. The molecule has 0 unspecified atom stereocenters. The van der Waals surface area contributed by atoms with Crippen LogP contribution in [0.25, 0.3) is 0 Å². The van der Waals surface area contributed by atoms with E-state index in [0.717, 1.165) is 0 Å². The largest absolute Gasteiger partial charge is 0.481 e. The van der Waals surface area contributed by atoms with E-state index in [4.69, 9.17) is 5.26 Å². The summed E-state index contributed by atoms with van der Waals surface area (Å²) in [7, 11) is 0. The Kier molecular flexibility index (Phi) is 4.26. The number of benzene rings is 2. The molecular formula is C19H16N2O4. The number of carbonyl (C=O) groups excluding carboxylic acids is 1. The minimum Gasteiger partial charge on any atom is -0.481 e. The van der Waals surface area contributed by atoms with Gasteiger partial charge < -0.3 is 15.5 Å². The molecule has 126 valence electrons. The fourth-order valence-corrected chi connectivity index (χ4v) is 3.08. The highest BCUT2D eigenvalue weighted by Gasteiger charge is 2.51. The van der Waals surface area contributed by atoms with Crippen molar-refractivity contribution in [2.24, 2.45) is 0 Å². The van der Waals surface area contributed by atoms with Crippen molar-refractivity contribution >= 4 is 17.6 Å². The Morgan fingerprint density at radius 1 is 1.16 bits per heavy atom. The average molecular weight is 336 g/mol. The second-order valence-electron chi connectivity index (χ2n) is 6.17. The number of hydrogen-bond acceptors (Lipinski definition) is 4. The summed E-state index contributed by atoms with van der Waals surface area (Å²) in [5.41, 5.74) is 0.844. The van der Waals surface area contributed by atoms with Crippen LogP contribution in [-0.2, 0) is 10.2 Å². The van der Waals surface area contributed by atoms with Gasteiger partial charge in [-0.05, 0) is 48.7 Å². The number of aliphatic carboxylic acids is 1. The van der Waals surface area contributed by atoms with Crippen LogP contribution in [0.2, 0.25) is 0 Å². The highest BCUT2D eigenvalue weighted by atomic mass is 16.4. The fraction of sp³-hybridized carbons (Fsp3) is 0.211. The fourth-order valence-electron chi connectivity index (χ4n) is 3.08. The van der Waals surface area contributed by atoms with Gasteiger partial charge in [0.2, 0.25) is 0 Å². The second kappa shape index (κ2) is 6.38. The molecule has 2 aromatic rings. The number of rotatable bonds is 4. The van der Waals surface area contributed by atoms with Crippen LogP contribution in [0, 0.1) is 11.3 Å². The maximum atomic E-state index is 12.2. The van der Waals surface area contributed by atoms with Crippen LogP contribution in [0.1, 0.15) is 34.3 Å². The lowest BCUT2D eigenvalue weighted by Gasteiger charge is -2.42. The highest BCUT2D eigenvalue weighted by molar-refractivity contribution is 6.04. The monoisotopic (exact) mass is 336 g/mol. The van der Waals surface area contributed by atoms with Gasteiger partial charge in [0.15, 0.2) is 0 Å². The lowest BCUT2D eigenvalue weighted by Crippen LogP contribution is -2.50. The van der Waals surface area contributed by atoms with E-state index in [2.05, 4.69) is 5.32 Å². The maximum Gasteiger partial charge on any atom is 0.314 e. The van der Waals surface area contributed by atoms with E-state index in [1.807, 2.05) is 6.07 Å². The quantitative estimate of drug-likeness (QED) is 0.793. The summed E-state index contributed by atoms with van der Waals surface area (Å²) in [6.07, 6.45) is -0.216. The van der Waals surface area contributed by atoms with Gasteiger partial charge in [-0.25, -0.2) is 0 Å². The summed E-state index contributed by atoms with van der Waals surface area (Å²) in [5, 5.41) is 30.6. The first-order chi connectivity index (χ1) is 11.9. The van der Waals surface area contributed by atoms with Crippen LogP contribution < -0.4 is 5.32 Å². The number of amides is 1. The Morgan fingerprint density at radius 2 is 1.84 bits per heavy atom. The summed E-state index contributed by atoms with van der Waals surface area (Å²) >= 11 is 0. The van der Waals surface area contributed by atoms with Gasteiger partial charge in [0.1, 0.15) is 0 Å². The second-order valence-corrected chi connectivity index (χ2v) is 6.17. The first-order valence-electron chi connectivity index (χ1n) is 7.78. The topological polar surface area (TPSA) is 110 Å². The number of nitriles is 1. The van der Waals surface area contributed by atoms with Gasteiger partial charge in [0.05, 0.1) is 23.2 Å². The Bertz CT molecular complexity index is 862. The molecule has 0 aliphatic heterocycles. The van der Waals surface area contributed by atoms with Crippen molar-refractivity contribution in [2.75, 3.05) is 5.32 Å². The van der Waals surface area contributed by atoms with Gasteiger partial charge in [-0.3, -0.25) is 9.59 Å². The molecule has 0 bridgehead atoms. The van der Waals surface area contributed by atoms with Crippen molar-refractivity contribution in [3.05, 3.63) is 65.2 Å². The minimum atomic E-state index is -1.05. The minimum absolute atomic E-state index is 0.189. The zero-order valence-corrected chi connectivity index (χ0v) is 13.3. The molecule has 0 spiro atoms. The summed E-state index contributed by atoms with van der Waals surface area (Å²) in [6.45, 7) is 0. The first-order valence-corrected chi connectivity index (χ1v) is 7.78. The van der Waals surface area contributed by atoms with Gasteiger partial charge >= 0.3 is 5.97 Å². The number of carbonyl (C=O) groups is 2. The average Bonchev–Trinajstić information content (AvgIpc) is 2.59. The number of nitrogens with one attached hydrogen (secondary N) is 1. The lowest BCUT2D eigenvalue weighted by molar-refractivity contribution is -0.152. The molecule has 0 atom stereocenters. The van der Waals surface area contributed by atoms with E-state index in [1.54, 1.807) is 42.5 Å². The molecule has 6 nitrogen and oxygen atoms in total. The molecule has 0 saturated heterocycles. The number of carboxylic acid groups (broad SMARTS) is 1. The Hall–Kier alpha value is -3.17. The van der Waals surface area contributed by atoms with E-state index >= 15 is 0 Å². The van der Waals surface area contributed by atoms with Gasteiger partial charge in [-0.15, -0.1) is 0 Å². The smallest absolute Gasteiger partial charge is 0.314 e. The van der Waals surface area contributed by atoms with Gasteiger partial charge in [-0.2, -0.15) is 5.26 Å². The molecule has 1 aliphatic carbocycles. The van der Waals surface area contributed by atoms with Crippen molar-refractivity contribution in [1.82, 2.24) is 0 Å². The molecule has 1 aliphatic rings. The van der Waals surface area contributed by atoms with Crippen LogP contribution in [0.5, 0.6) is 0 Å². The van der Waals surface area contributed by atoms with Crippen molar-refractivity contribution in [3.8, 4) is 6.07 Å². The van der Waals surface area contributed by atoms with E-state index in [1.165, 1.54) is 6.07 Å². The molecule has 0 heterocycles. The van der Waals surface area contributed by atoms with Crippen LogP contribution in [0.15, 0.2) is 48.5 Å². The summed E-state index contributed by atoms with van der Waals surface area (Å²) in [4.78, 5) is 23.8. The highest BCUT2D eigenvalue weighted by Crippen LogP contribution is 2.44. The number of carboxylic acids is 1. The normalized spacial score (nSPS) is 21.7. The predicted octanol–water partition coefficient (Wildman–Crippen LogP) is 2.29. The van der Waals surface area contributed by atoms with Crippen LogP contribution in [0.4, 0.5) is 5.69 Å². The molecule has 0 aromatic heterocycles. The van der Waals surface area contributed by atoms with E-state index < -0.39 is 17.5 Å². The van der Waals surface area contributed by atoms with E-state index in [9.17, 15) is 19.8 Å². The standard InChI is InChI=1S/C19H16N2O4/c20-11-12-2-1-3-13(8-12)17(23)21-15-6-4-14(5-7-15)19(18(24)25)9-16(22)10-19/h1-8,16,22H,9-10H2,(H,21,23)(H,24,25). The number of aliphatic hydroxyl groups is 1. The van der Waals surface area contributed by atoms with Crippen molar-refractivity contribution < 1.29 is 19.8 Å². The summed E-state index contributed by atoms with van der Waals surface area (Å²) in [5.74, 6) is -1.31. The summed E-state index contributed by atoms with van der Waals surface area (Å²) < 4.78 is 0. The van der Waals surface area contributed by atoms with Crippen molar-refractivity contribution in [3.63, 3.8) is 0 Å². The molecule has 1 amide bonds. The first kappa shape index (κ1) is 16.7. The molecule has 6 heteroatoms. The van der Waals surface area contributed by atoms with Crippen LogP contribution in [0.3, 0.4) is 0 Å². The van der Waals surface area contributed by atoms with E-state index in [-0.39, 0.29) is 18.7 Å². The molecular weight excluding hydrogens is 320 g/mol. The molecule has 1 saturated carbocycles. The third-order valence-electron chi connectivity index (χ3n) is 4.53. The van der Waals surface area contributed by atoms with Gasteiger partial charge in [0.25, 0.3) is 5.91 Å². The third kappa shape index (κ3) is 3.10. The molecule has 3 N–H and O–H groups in total. The Balaban J connectivity index is 1.76. The van der Waals surface area contributed by atoms with Crippen LogP contribution in [-0.4, -0.2) is 28.2 Å². The van der Waals surface area contributed by atoms with E-state index in [0.29, 0.717) is 22.4 Å². The molecule has 0 radical (unpaired) electrons. The number of hydrogen-bond donors (Lipinski definition) is 3. The maximum absolute atomic E-state index is 12.2. The Morgan fingerprint density at radius 3 is 2.40 bits per heavy atom. The van der Waals surface area contributed by atoms with Crippen LogP contribution >= 0.6 is 0 Å². The zero-order valence-electron chi connectivity index (χ0n) is 13.3. The molecule has 1 fully saturated rings. The molecule has 2 aromatic carbocycles. The predicted molar refractivity (Wildman–Crippen MR) is 90.1 cm³/mol. The molecule has 25 heavy (non-hydrogen) atoms. The lowest BCUT2D eigenvalue weighted by atomic mass is 9.63. The SMILES string of the molecule is N#Cc1cccc(C(=O)Nc2ccc(C3(C(=O)O)CC(O)C3)cc2)c1. The Labute approximate surface area is 144 Å². The number of nitrogens with zero attached hydrogens (tertiary/aromatic N) is 1.